The molecule has 2 aromatic heterocycles. The van der Waals surface area contributed by atoms with Crippen molar-refractivity contribution in [3.63, 3.8) is 0 Å². The zero-order valence-electron chi connectivity index (χ0n) is 9.95. The predicted molar refractivity (Wildman–Crippen MR) is 73.1 cm³/mol. The predicted octanol–water partition coefficient (Wildman–Crippen LogP) is 3.35. The van der Waals surface area contributed by atoms with Crippen LogP contribution >= 0.6 is 15.9 Å². The molecule has 5 heteroatoms. The third-order valence-electron chi connectivity index (χ3n) is 3.29. The molecule has 2 N–H and O–H groups in total. The summed E-state index contributed by atoms with van der Waals surface area (Å²) in [5.74, 6) is 1.82. The van der Waals surface area contributed by atoms with Crippen LogP contribution in [0.15, 0.2) is 21.2 Å². The molecule has 3 rings (SSSR count). The lowest BCUT2D eigenvalue weighted by molar-refractivity contribution is 0.575. The molecule has 18 heavy (non-hydrogen) atoms. The summed E-state index contributed by atoms with van der Waals surface area (Å²) < 4.78 is 6.26. The van der Waals surface area contributed by atoms with Gasteiger partial charge in [-0.2, -0.15) is 0 Å². The lowest BCUT2D eigenvalue weighted by atomic mass is 10.1. The van der Waals surface area contributed by atoms with Crippen molar-refractivity contribution >= 4 is 21.7 Å². The number of halogens is 1. The Kier molecular flexibility index (Phi) is 3.07. The highest BCUT2D eigenvalue weighted by Crippen LogP contribution is 2.30. The second-order valence-corrected chi connectivity index (χ2v) is 5.37. The third kappa shape index (κ3) is 2.03. The number of nitrogen functional groups attached to an aromatic ring is 1. The number of furan rings is 1. The molecule has 2 heterocycles. The Labute approximate surface area is 114 Å². The summed E-state index contributed by atoms with van der Waals surface area (Å²) in [5.41, 5.74) is 8.27. The van der Waals surface area contributed by atoms with Crippen LogP contribution in [0.4, 0.5) is 5.82 Å². The first-order chi connectivity index (χ1) is 8.75. The van der Waals surface area contributed by atoms with E-state index in [4.69, 9.17) is 10.2 Å². The van der Waals surface area contributed by atoms with Crippen LogP contribution < -0.4 is 5.73 Å². The first-order valence-electron chi connectivity index (χ1n) is 6.14. The molecule has 0 atom stereocenters. The fraction of sp³-hybridized carbons (Fsp3) is 0.385. The molecule has 0 fully saturated rings. The van der Waals surface area contributed by atoms with E-state index in [0.29, 0.717) is 17.4 Å². The third-order valence-corrected chi connectivity index (χ3v) is 3.91. The van der Waals surface area contributed by atoms with Crippen LogP contribution in [0.1, 0.15) is 30.5 Å². The van der Waals surface area contributed by atoms with Gasteiger partial charge in [-0.25, -0.2) is 9.97 Å². The zero-order chi connectivity index (χ0) is 12.5. The van der Waals surface area contributed by atoms with Gasteiger partial charge in [-0.3, -0.25) is 0 Å². The van der Waals surface area contributed by atoms with E-state index in [0.717, 1.165) is 28.6 Å². The maximum atomic E-state index is 6.06. The number of fused-ring (bicyclic) bond motifs is 1. The van der Waals surface area contributed by atoms with Gasteiger partial charge in [-0.1, -0.05) is 6.42 Å². The second-order valence-electron chi connectivity index (χ2n) is 4.52. The van der Waals surface area contributed by atoms with E-state index >= 15 is 0 Å². The summed E-state index contributed by atoms with van der Waals surface area (Å²) >= 11 is 3.42. The van der Waals surface area contributed by atoms with Gasteiger partial charge < -0.3 is 10.2 Å². The summed E-state index contributed by atoms with van der Waals surface area (Å²) in [4.78, 5) is 9.00. The molecular weight excluding hydrogens is 294 g/mol. The highest BCUT2D eigenvalue weighted by atomic mass is 79.9. The summed E-state index contributed by atoms with van der Waals surface area (Å²) in [5, 5.41) is 0. The van der Waals surface area contributed by atoms with E-state index in [1.807, 2.05) is 6.07 Å². The van der Waals surface area contributed by atoms with Crippen LogP contribution in [0.2, 0.25) is 0 Å². The van der Waals surface area contributed by atoms with Crippen molar-refractivity contribution in [2.75, 3.05) is 5.73 Å². The van der Waals surface area contributed by atoms with Crippen molar-refractivity contribution in [1.82, 2.24) is 9.97 Å². The summed E-state index contributed by atoms with van der Waals surface area (Å²) in [7, 11) is 0. The Balaban J connectivity index is 2.11. The molecule has 1 aliphatic carbocycles. The smallest absolute Gasteiger partial charge is 0.199 e. The molecule has 4 nitrogen and oxygen atoms in total. The molecule has 0 saturated carbocycles. The van der Waals surface area contributed by atoms with Crippen LogP contribution in [0, 0.1) is 0 Å². The molecule has 0 aliphatic heterocycles. The van der Waals surface area contributed by atoms with Gasteiger partial charge in [0, 0.05) is 11.3 Å². The molecule has 0 bridgehead atoms. The van der Waals surface area contributed by atoms with E-state index in [2.05, 4.69) is 25.9 Å². The first-order valence-corrected chi connectivity index (χ1v) is 6.93. The number of nitrogens with zero attached hydrogens (tertiary/aromatic N) is 2. The van der Waals surface area contributed by atoms with Gasteiger partial charge in [0.15, 0.2) is 11.6 Å². The molecule has 0 saturated heterocycles. The van der Waals surface area contributed by atoms with Crippen molar-refractivity contribution in [1.29, 1.82) is 0 Å². The molecule has 0 unspecified atom stereocenters. The Bertz CT molecular complexity index is 580. The van der Waals surface area contributed by atoms with Crippen LogP contribution in [-0.4, -0.2) is 9.97 Å². The van der Waals surface area contributed by atoms with Gasteiger partial charge in [0.05, 0.1) is 10.7 Å². The van der Waals surface area contributed by atoms with Crippen molar-refractivity contribution < 1.29 is 4.42 Å². The van der Waals surface area contributed by atoms with E-state index in [1.165, 1.54) is 19.3 Å². The standard InChI is InChI=1S/C13H14BrN3O/c14-9-6-7-18-11(9)13-16-10-5-3-1-2-4-8(10)12(15)17-13/h6-7H,1-5H2,(H2,15,16,17). The van der Waals surface area contributed by atoms with Crippen molar-refractivity contribution in [2.45, 2.75) is 32.1 Å². The number of hydrogen-bond donors (Lipinski definition) is 1. The van der Waals surface area contributed by atoms with E-state index < -0.39 is 0 Å². The van der Waals surface area contributed by atoms with Gasteiger partial charge in [0.25, 0.3) is 0 Å². The van der Waals surface area contributed by atoms with Crippen LogP contribution in [0.3, 0.4) is 0 Å². The average molecular weight is 308 g/mol. The molecule has 2 aromatic rings. The van der Waals surface area contributed by atoms with Gasteiger partial charge in [-0.05, 0) is 47.7 Å². The minimum absolute atomic E-state index is 0.574. The van der Waals surface area contributed by atoms with Gasteiger partial charge in [-0.15, -0.1) is 0 Å². The SMILES string of the molecule is Nc1nc(-c2occc2Br)nc2c1CCCCC2. The molecule has 0 aromatic carbocycles. The normalized spacial score (nSPS) is 15.2. The number of nitrogens with two attached hydrogens (primary N) is 1. The molecule has 94 valence electrons. The van der Waals surface area contributed by atoms with Gasteiger partial charge in [0.1, 0.15) is 5.82 Å². The van der Waals surface area contributed by atoms with Gasteiger partial charge in [0.2, 0.25) is 0 Å². The molecule has 1 aliphatic rings. The Morgan fingerprint density at radius 2 is 2.00 bits per heavy atom. The maximum absolute atomic E-state index is 6.06. The quantitative estimate of drug-likeness (QED) is 0.821. The first kappa shape index (κ1) is 11.7. The number of aromatic nitrogens is 2. The van der Waals surface area contributed by atoms with E-state index in [9.17, 15) is 0 Å². The lowest BCUT2D eigenvalue weighted by Gasteiger charge is -2.09. The minimum atomic E-state index is 0.574. The van der Waals surface area contributed by atoms with Crippen LogP contribution in [0.5, 0.6) is 0 Å². The monoisotopic (exact) mass is 307 g/mol. The van der Waals surface area contributed by atoms with Crippen LogP contribution in [0.25, 0.3) is 11.6 Å². The number of anilines is 1. The van der Waals surface area contributed by atoms with Crippen molar-refractivity contribution in [3.8, 4) is 11.6 Å². The summed E-state index contributed by atoms with van der Waals surface area (Å²) in [6.45, 7) is 0. The van der Waals surface area contributed by atoms with Crippen molar-refractivity contribution in [3.05, 3.63) is 28.1 Å². The largest absolute Gasteiger partial charge is 0.460 e. The lowest BCUT2D eigenvalue weighted by Crippen LogP contribution is -2.06. The van der Waals surface area contributed by atoms with E-state index in [-0.39, 0.29) is 0 Å². The number of rotatable bonds is 1. The topological polar surface area (TPSA) is 64.9 Å². The minimum Gasteiger partial charge on any atom is -0.460 e. The molecule has 0 radical (unpaired) electrons. The number of hydrogen-bond acceptors (Lipinski definition) is 4. The molecular formula is C13H14BrN3O. The Morgan fingerprint density at radius 1 is 1.17 bits per heavy atom. The highest BCUT2D eigenvalue weighted by molar-refractivity contribution is 9.10. The number of aryl methyl sites for hydroxylation is 1. The Morgan fingerprint density at radius 3 is 2.78 bits per heavy atom. The Hall–Kier alpha value is -1.36. The summed E-state index contributed by atoms with van der Waals surface area (Å²) in [6.07, 6.45) is 7.15. The van der Waals surface area contributed by atoms with Crippen LogP contribution in [-0.2, 0) is 12.8 Å². The molecule has 0 amide bonds. The zero-order valence-corrected chi connectivity index (χ0v) is 11.5. The summed E-state index contributed by atoms with van der Waals surface area (Å²) in [6, 6.07) is 1.83. The molecule has 0 spiro atoms. The highest BCUT2D eigenvalue weighted by Gasteiger charge is 2.18. The fourth-order valence-corrected chi connectivity index (χ4v) is 2.73. The maximum Gasteiger partial charge on any atom is 0.199 e. The van der Waals surface area contributed by atoms with E-state index in [1.54, 1.807) is 6.26 Å². The fourth-order valence-electron chi connectivity index (χ4n) is 2.35. The second kappa shape index (κ2) is 4.72. The van der Waals surface area contributed by atoms with Crippen molar-refractivity contribution in [2.24, 2.45) is 0 Å². The average Bonchev–Trinajstić information content (AvgIpc) is 2.63. The van der Waals surface area contributed by atoms with Gasteiger partial charge >= 0.3 is 0 Å².